The average molecular weight is 680 g/mol. The first-order chi connectivity index (χ1) is 22.6. The highest BCUT2D eigenvalue weighted by Gasteiger charge is 2.35. The van der Waals surface area contributed by atoms with Crippen molar-refractivity contribution in [3.05, 3.63) is 95.4 Å². The van der Waals surface area contributed by atoms with Crippen molar-refractivity contribution in [2.75, 3.05) is 26.2 Å². The molecule has 2 aromatic carbocycles. The lowest BCUT2D eigenvalue weighted by molar-refractivity contribution is -0.132. The van der Waals surface area contributed by atoms with E-state index in [1.54, 1.807) is 48.0 Å². The van der Waals surface area contributed by atoms with Gasteiger partial charge < -0.3 is 25.0 Å². The molecule has 1 fully saturated rings. The summed E-state index contributed by atoms with van der Waals surface area (Å²) in [6, 6.07) is 15.0. The molecule has 0 saturated carbocycles. The number of sulfonamides is 1. The quantitative estimate of drug-likeness (QED) is 0.298. The summed E-state index contributed by atoms with van der Waals surface area (Å²) in [4.78, 5) is 45.0. The second-order valence-corrected chi connectivity index (χ2v) is 13.9. The number of halogens is 1. The number of hydrogen-bond donors (Lipinski definition) is 3. The fraction of sp³-hybridized carbons (Fsp3) is 0.250. The van der Waals surface area contributed by atoms with Gasteiger partial charge in [0.15, 0.2) is 6.61 Å². The fourth-order valence-corrected chi connectivity index (χ4v) is 7.31. The Kier molecular flexibility index (Phi) is 9.47. The highest BCUT2D eigenvalue weighted by molar-refractivity contribution is 7.91. The molecule has 15 heteroatoms. The standard InChI is InChI=1S/C32H30FN5O7S2/c33-24-9-20-10-26(13-24)45-28-6-7-38(30(40)17-36-47(42,43)31-5-2-8-46-31)18-27(28)37-32(41)23-11-22(15-34-16-23)21-3-1-4-25(12-21)44-19-29(39)35-14-20/h1-5,8-13,15-16,27-28,36H,6-7,14,17-19H2,(H,35,39)(H,37,41)/t27-,28+/m1/s1. The summed E-state index contributed by atoms with van der Waals surface area (Å²) >= 11 is 1.03. The molecule has 0 unspecified atom stereocenters. The van der Waals surface area contributed by atoms with E-state index in [9.17, 15) is 27.2 Å². The van der Waals surface area contributed by atoms with E-state index in [0.717, 1.165) is 11.3 Å². The molecule has 244 valence electrons. The van der Waals surface area contributed by atoms with Crippen LogP contribution in [0.1, 0.15) is 22.3 Å². The Hall–Kier alpha value is -4.86. The maximum atomic E-state index is 14.7. The molecule has 1 saturated heterocycles. The van der Waals surface area contributed by atoms with E-state index < -0.39 is 52.3 Å². The number of nitrogens with zero attached hydrogens (tertiary/aromatic N) is 2. The van der Waals surface area contributed by atoms with Crippen LogP contribution in [0.25, 0.3) is 11.1 Å². The molecular formula is C32H30FN5O7S2. The third-order valence-corrected chi connectivity index (χ3v) is 10.4. The number of carbonyl (C=O) groups excluding carboxylic acids is 3. The third-order valence-electron chi connectivity index (χ3n) is 7.64. The molecule has 2 aliphatic heterocycles. The van der Waals surface area contributed by atoms with Gasteiger partial charge in [-0.15, -0.1) is 11.3 Å². The third kappa shape index (κ3) is 7.93. The van der Waals surface area contributed by atoms with E-state index in [-0.39, 0.29) is 48.2 Å². The molecule has 0 radical (unpaired) electrons. The molecule has 12 nitrogen and oxygen atoms in total. The summed E-state index contributed by atoms with van der Waals surface area (Å²) in [7, 11) is -3.86. The molecule has 3 N–H and O–H groups in total. The van der Waals surface area contributed by atoms with Crippen molar-refractivity contribution in [1.82, 2.24) is 25.2 Å². The second kappa shape index (κ2) is 13.9. The van der Waals surface area contributed by atoms with Crippen molar-refractivity contribution in [1.29, 1.82) is 0 Å². The van der Waals surface area contributed by atoms with Crippen LogP contribution in [0.2, 0.25) is 0 Å². The van der Waals surface area contributed by atoms with Crippen LogP contribution in [0.5, 0.6) is 11.5 Å². The largest absolute Gasteiger partial charge is 0.488 e. The van der Waals surface area contributed by atoms with E-state index in [4.69, 9.17) is 9.47 Å². The maximum absolute atomic E-state index is 14.7. The van der Waals surface area contributed by atoms with E-state index in [0.29, 0.717) is 22.4 Å². The van der Waals surface area contributed by atoms with Gasteiger partial charge in [-0.05, 0) is 52.9 Å². The van der Waals surface area contributed by atoms with E-state index >= 15 is 0 Å². The smallest absolute Gasteiger partial charge is 0.258 e. The minimum atomic E-state index is -3.86. The number of fused-ring (bicyclic) bond motifs is 8. The number of nitrogens with one attached hydrogen (secondary N) is 3. The molecule has 0 aliphatic carbocycles. The van der Waals surface area contributed by atoms with Crippen molar-refractivity contribution in [3.8, 4) is 22.6 Å². The van der Waals surface area contributed by atoms with Crippen LogP contribution in [0.4, 0.5) is 4.39 Å². The number of rotatable bonds is 4. The highest BCUT2D eigenvalue weighted by atomic mass is 32.2. The summed E-state index contributed by atoms with van der Waals surface area (Å²) in [5.74, 6) is -1.35. The monoisotopic (exact) mass is 679 g/mol. The lowest BCUT2D eigenvalue weighted by Crippen LogP contribution is -2.59. The van der Waals surface area contributed by atoms with Crippen LogP contribution in [-0.2, 0) is 26.2 Å². The number of ether oxygens (including phenoxy) is 2. The van der Waals surface area contributed by atoms with Crippen LogP contribution < -0.4 is 24.8 Å². The summed E-state index contributed by atoms with van der Waals surface area (Å²) in [5, 5.41) is 7.28. The Morgan fingerprint density at radius 1 is 1.04 bits per heavy atom. The predicted molar refractivity (Wildman–Crippen MR) is 170 cm³/mol. The number of likely N-dealkylation sites (tertiary alicyclic amines) is 1. The number of hydrogen-bond acceptors (Lipinski definition) is 9. The molecule has 3 amide bonds. The Labute approximate surface area is 274 Å². The summed E-state index contributed by atoms with van der Waals surface area (Å²) in [6.07, 6.45) is 2.57. The van der Waals surface area contributed by atoms with E-state index in [1.807, 2.05) is 6.07 Å². The minimum Gasteiger partial charge on any atom is -0.488 e. The first-order valence-electron chi connectivity index (χ1n) is 14.7. The molecule has 4 aromatic rings. The van der Waals surface area contributed by atoms with Crippen molar-refractivity contribution in [2.45, 2.75) is 29.3 Å². The average Bonchev–Trinajstić information content (AvgIpc) is 3.62. The molecule has 0 spiro atoms. The number of benzene rings is 2. The van der Waals surface area contributed by atoms with Crippen LogP contribution in [0, 0.1) is 5.82 Å². The molecule has 47 heavy (non-hydrogen) atoms. The number of amides is 3. The van der Waals surface area contributed by atoms with Gasteiger partial charge in [0.25, 0.3) is 21.8 Å². The van der Waals surface area contributed by atoms with Gasteiger partial charge in [0.05, 0.1) is 18.2 Å². The van der Waals surface area contributed by atoms with Gasteiger partial charge >= 0.3 is 0 Å². The van der Waals surface area contributed by atoms with Crippen molar-refractivity contribution in [2.24, 2.45) is 0 Å². The zero-order valence-corrected chi connectivity index (χ0v) is 26.5. The molecular weight excluding hydrogens is 650 g/mol. The second-order valence-electron chi connectivity index (χ2n) is 11.0. The van der Waals surface area contributed by atoms with Crippen LogP contribution in [0.3, 0.4) is 0 Å². The Balaban J connectivity index is 1.27. The number of piperidine rings is 1. The van der Waals surface area contributed by atoms with Gasteiger partial charge in [-0.3, -0.25) is 19.4 Å². The molecule has 4 heterocycles. The number of carbonyl (C=O) groups is 3. The SMILES string of the molecule is O=C1COc2cccc(c2)-c2cncc(c2)C(=O)N[C@@H]2CN(C(=O)CNS(=O)(=O)c3cccs3)CC[C@@H]2Oc2cc(F)cc(c2)CN1. The Bertz CT molecular complexity index is 1910. The predicted octanol–water partition coefficient (Wildman–Crippen LogP) is 2.71. The fourth-order valence-electron chi connectivity index (χ4n) is 5.30. The number of thiophene rings is 1. The topological polar surface area (TPSA) is 156 Å². The van der Waals surface area contributed by atoms with Crippen molar-refractivity contribution in [3.63, 3.8) is 0 Å². The molecule has 6 bridgehead atoms. The van der Waals surface area contributed by atoms with Gasteiger partial charge in [0, 0.05) is 50.1 Å². The molecule has 2 atom stereocenters. The number of pyridine rings is 1. The van der Waals surface area contributed by atoms with Crippen LogP contribution >= 0.6 is 11.3 Å². The molecule has 2 aromatic heterocycles. The lowest BCUT2D eigenvalue weighted by atomic mass is 10.0. The minimum absolute atomic E-state index is 0.000698. The summed E-state index contributed by atoms with van der Waals surface area (Å²) in [5.41, 5.74) is 2.02. The van der Waals surface area contributed by atoms with Gasteiger partial charge in [0.1, 0.15) is 27.6 Å². The zero-order chi connectivity index (χ0) is 33.0. The Morgan fingerprint density at radius 2 is 1.89 bits per heavy atom. The Morgan fingerprint density at radius 3 is 2.72 bits per heavy atom. The van der Waals surface area contributed by atoms with Crippen LogP contribution in [-0.4, -0.2) is 74.4 Å². The summed E-state index contributed by atoms with van der Waals surface area (Å²) in [6.45, 7) is -0.525. The lowest BCUT2D eigenvalue weighted by Gasteiger charge is -2.39. The van der Waals surface area contributed by atoms with Crippen molar-refractivity contribution >= 4 is 39.1 Å². The molecule has 2 aliphatic rings. The van der Waals surface area contributed by atoms with E-state index in [1.165, 1.54) is 29.3 Å². The maximum Gasteiger partial charge on any atom is 0.258 e. The zero-order valence-electron chi connectivity index (χ0n) is 24.8. The van der Waals surface area contributed by atoms with Crippen LogP contribution in [0.15, 0.2) is 82.6 Å². The first kappa shape index (κ1) is 32.1. The normalized spacial score (nSPS) is 18.6. The van der Waals surface area contributed by atoms with Gasteiger partial charge in [-0.2, -0.15) is 0 Å². The van der Waals surface area contributed by atoms with Crippen molar-refractivity contribution < 1.29 is 36.7 Å². The summed E-state index contributed by atoms with van der Waals surface area (Å²) < 4.78 is 54.1. The number of aromatic nitrogens is 1. The first-order valence-corrected chi connectivity index (χ1v) is 17.0. The van der Waals surface area contributed by atoms with Gasteiger partial charge in [-0.25, -0.2) is 17.5 Å². The van der Waals surface area contributed by atoms with E-state index in [2.05, 4.69) is 20.3 Å². The van der Waals surface area contributed by atoms with Gasteiger partial charge in [-0.1, -0.05) is 18.2 Å². The van der Waals surface area contributed by atoms with Gasteiger partial charge in [0.2, 0.25) is 5.91 Å². The highest BCUT2D eigenvalue weighted by Crippen LogP contribution is 2.26. The molecule has 6 rings (SSSR count).